The zero-order valence-corrected chi connectivity index (χ0v) is 22.2. The Hall–Kier alpha value is -3.57. The van der Waals surface area contributed by atoms with Crippen molar-refractivity contribution >= 4 is 28.2 Å². The molecule has 40 heavy (non-hydrogen) atoms. The van der Waals surface area contributed by atoms with Crippen LogP contribution in [-0.4, -0.2) is 81.6 Å². The van der Waals surface area contributed by atoms with E-state index in [0.29, 0.717) is 71.6 Å². The van der Waals surface area contributed by atoms with E-state index in [1.165, 1.54) is 17.0 Å². The number of aliphatic hydroxyl groups excluding tert-OH is 1. The molecule has 4 aliphatic heterocycles. The molecule has 9 nitrogen and oxygen atoms in total. The molecule has 2 aromatic carbocycles. The SMILES string of the molecule is CCc1c(F)ccc2cc(O)cc(N3Cc4nc(OCC56CCCN5CC(F)C6)nc(N5CC(O)C5)c4C3=O)c12. The summed E-state index contributed by atoms with van der Waals surface area (Å²) in [4.78, 5) is 28.6. The van der Waals surface area contributed by atoms with Gasteiger partial charge >= 0.3 is 6.01 Å². The van der Waals surface area contributed by atoms with E-state index in [4.69, 9.17) is 4.74 Å². The lowest BCUT2D eigenvalue weighted by molar-refractivity contribution is 0.0992. The Morgan fingerprint density at radius 1 is 1.20 bits per heavy atom. The highest BCUT2D eigenvalue weighted by Gasteiger charge is 2.49. The number of carbonyl (C=O) groups excluding carboxylic acids is 1. The summed E-state index contributed by atoms with van der Waals surface area (Å²) in [6.07, 6.45) is 1.23. The molecule has 0 aliphatic carbocycles. The van der Waals surface area contributed by atoms with Gasteiger partial charge in [0.2, 0.25) is 0 Å². The van der Waals surface area contributed by atoms with Crippen molar-refractivity contribution in [2.24, 2.45) is 0 Å². The fraction of sp³-hybridized carbons (Fsp3) is 0.483. The summed E-state index contributed by atoms with van der Waals surface area (Å²) in [6.45, 7) is 4.06. The molecule has 3 fully saturated rings. The Morgan fingerprint density at radius 2 is 2.02 bits per heavy atom. The van der Waals surface area contributed by atoms with E-state index >= 15 is 0 Å². The van der Waals surface area contributed by atoms with Gasteiger partial charge < -0.3 is 24.7 Å². The summed E-state index contributed by atoms with van der Waals surface area (Å²) < 4.78 is 35.2. The van der Waals surface area contributed by atoms with Gasteiger partial charge in [-0.05, 0) is 48.9 Å². The zero-order valence-electron chi connectivity index (χ0n) is 22.2. The molecular formula is C29H31F2N5O4. The van der Waals surface area contributed by atoms with E-state index in [1.807, 2.05) is 11.8 Å². The summed E-state index contributed by atoms with van der Waals surface area (Å²) in [5, 5.41) is 21.7. The Kier molecular flexibility index (Phi) is 5.87. The van der Waals surface area contributed by atoms with Gasteiger partial charge in [-0.1, -0.05) is 13.0 Å². The number of aliphatic hydroxyl groups is 1. The van der Waals surface area contributed by atoms with Gasteiger partial charge in [-0.3, -0.25) is 9.69 Å². The zero-order chi connectivity index (χ0) is 27.8. The molecule has 5 heterocycles. The van der Waals surface area contributed by atoms with E-state index in [9.17, 15) is 23.8 Å². The molecule has 11 heteroatoms. The molecule has 0 radical (unpaired) electrons. The van der Waals surface area contributed by atoms with Crippen LogP contribution in [0.3, 0.4) is 0 Å². The maximum absolute atomic E-state index is 14.8. The largest absolute Gasteiger partial charge is 0.508 e. The first-order valence-electron chi connectivity index (χ1n) is 13.9. The van der Waals surface area contributed by atoms with E-state index in [-0.39, 0.29) is 42.2 Å². The van der Waals surface area contributed by atoms with Crippen LogP contribution in [0.5, 0.6) is 11.8 Å². The predicted octanol–water partition coefficient (Wildman–Crippen LogP) is 3.33. The summed E-state index contributed by atoms with van der Waals surface area (Å²) in [6, 6.07) is 6.10. The van der Waals surface area contributed by atoms with Gasteiger partial charge in [-0.15, -0.1) is 0 Å². The number of fused-ring (bicyclic) bond motifs is 3. The Bertz CT molecular complexity index is 1530. The molecule has 2 atom stereocenters. The number of β-amino-alcohol motifs (C(OH)–C–C–N with tert-alkyl or cyclic N) is 1. The number of aromatic nitrogens is 2. The fourth-order valence-electron chi connectivity index (χ4n) is 6.96. The number of alkyl halides is 1. The van der Waals surface area contributed by atoms with Crippen molar-refractivity contribution in [3.05, 3.63) is 46.9 Å². The van der Waals surface area contributed by atoms with Crippen molar-refractivity contribution in [3.8, 4) is 11.8 Å². The van der Waals surface area contributed by atoms with Crippen molar-refractivity contribution in [2.45, 2.75) is 57.0 Å². The Balaban J connectivity index is 1.27. The van der Waals surface area contributed by atoms with Crippen LogP contribution in [0.25, 0.3) is 10.8 Å². The number of hydrogen-bond acceptors (Lipinski definition) is 8. The van der Waals surface area contributed by atoms with Gasteiger partial charge in [0.1, 0.15) is 35.7 Å². The molecule has 3 aromatic rings. The summed E-state index contributed by atoms with van der Waals surface area (Å²) in [5.41, 5.74) is 1.23. The number of ether oxygens (including phenoxy) is 1. The molecule has 1 aromatic heterocycles. The molecule has 0 bridgehead atoms. The van der Waals surface area contributed by atoms with Gasteiger partial charge in [-0.25, -0.2) is 8.78 Å². The second kappa shape index (κ2) is 9.24. The maximum atomic E-state index is 14.8. The van der Waals surface area contributed by atoms with Crippen molar-refractivity contribution < 1.29 is 28.5 Å². The number of nitrogens with zero attached hydrogens (tertiary/aromatic N) is 5. The van der Waals surface area contributed by atoms with E-state index in [0.717, 1.165) is 19.4 Å². The van der Waals surface area contributed by atoms with Crippen LogP contribution >= 0.6 is 0 Å². The number of hydrogen-bond donors (Lipinski definition) is 2. The lowest BCUT2D eigenvalue weighted by atomic mass is 9.95. The highest BCUT2D eigenvalue weighted by molar-refractivity contribution is 6.16. The highest BCUT2D eigenvalue weighted by Crippen LogP contribution is 2.43. The van der Waals surface area contributed by atoms with Gasteiger partial charge in [0.25, 0.3) is 5.91 Å². The average molecular weight is 552 g/mol. The van der Waals surface area contributed by atoms with Gasteiger partial charge in [0.05, 0.1) is 29.6 Å². The minimum absolute atomic E-state index is 0.0378. The molecule has 4 aliphatic rings. The summed E-state index contributed by atoms with van der Waals surface area (Å²) >= 11 is 0. The molecular weight excluding hydrogens is 520 g/mol. The molecule has 3 saturated heterocycles. The molecule has 210 valence electrons. The van der Waals surface area contributed by atoms with Crippen LogP contribution < -0.4 is 14.5 Å². The number of halogens is 2. The summed E-state index contributed by atoms with van der Waals surface area (Å²) in [7, 11) is 0. The molecule has 0 spiro atoms. The quantitative estimate of drug-likeness (QED) is 0.481. The van der Waals surface area contributed by atoms with Crippen molar-refractivity contribution in [1.29, 1.82) is 0 Å². The lowest BCUT2D eigenvalue weighted by Crippen LogP contribution is -2.51. The first-order valence-corrected chi connectivity index (χ1v) is 13.9. The Labute approximate surface area is 230 Å². The second-order valence-electron chi connectivity index (χ2n) is 11.4. The van der Waals surface area contributed by atoms with E-state index in [1.54, 1.807) is 12.1 Å². The number of aryl methyl sites for hydroxylation is 1. The number of phenols is 1. The number of rotatable bonds is 6. The number of aromatic hydroxyl groups is 1. The van der Waals surface area contributed by atoms with Crippen LogP contribution in [0, 0.1) is 5.82 Å². The van der Waals surface area contributed by atoms with Crippen LogP contribution in [-0.2, 0) is 13.0 Å². The number of benzene rings is 2. The van der Waals surface area contributed by atoms with Crippen LogP contribution in [0.4, 0.5) is 20.3 Å². The first kappa shape index (κ1) is 25.4. The van der Waals surface area contributed by atoms with Crippen molar-refractivity contribution in [2.75, 3.05) is 42.6 Å². The molecule has 0 saturated carbocycles. The minimum Gasteiger partial charge on any atom is -0.508 e. The molecule has 2 N–H and O–H groups in total. The third kappa shape index (κ3) is 3.89. The second-order valence-corrected chi connectivity index (χ2v) is 11.4. The third-order valence-electron chi connectivity index (χ3n) is 8.88. The van der Waals surface area contributed by atoms with Gasteiger partial charge in [0, 0.05) is 37.5 Å². The average Bonchev–Trinajstić information content (AvgIpc) is 3.54. The highest BCUT2D eigenvalue weighted by atomic mass is 19.1. The fourth-order valence-corrected chi connectivity index (χ4v) is 6.96. The first-order chi connectivity index (χ1) is 19.3. The van der Waals surface area contributed by atoms with E-state index < -0.39 is 12.3 Å². The van der Waals surface area contributed by atoms with Crippen molar-refractivity contribution in [1.82, 2.24) is 14.9 Å². The minimum atomic E-state index is -0.885. The number of anilines is 2. The van der Waals surface area contributed by atoms with Crippen LogP contribution in [0.1, 0.15) is 47.8 Å². The Morgan fingerprint density at radius 3 is 2.80 bits per heavy atom. The lowest BCUT2D eigenvalue weighted by Gasteiger charge is -2.37. The number of amides is 1. The van der Waals surface area contributed by atoms with Crippen molar-refractivity contribution in [3.63, 3.8) is 0 Å². The number of phenolic OH excluding ortho intramolecular Hbond substituents is 1. The van der Waals surface area contributed by atoms with Gasteiger partial charge in [0.15, 0.2) is 0 Å². The third-order valence-corrected chi connectivity index (χ3v) is 8.88. The topological polar surface area (TPSA) is 102 Å². The normalized spacial score (nSPS) is 24.6. The molecule has 7 rings (SSSR count). The molecule has 2 unspecified atom stereocenters. The summed E-state index contributed by atoms with van der Waals surface area (Å²) in [5.74, 6) is -0.406. The monoisotopic (exact) mass is 551 g/mol. The maximum Gasteiger partial charge on any atom is 0.318 e. The van der Waals surface area contributed by atoms with Crippen LogP contribution in [0.15, 0.2) is 24.3 Å². The smallest absolute Gasteiger partial charge is 0.318 e. The van der Waals surface area contributed by atoms with E-state index in [2.05, 4.69) is 14.9 Å². The molecule has 1 amide bonds. The predicted molar refractivity (Wildman–Crippen MR) is 144 cm³/mol. The van der Waals surface area contributed by atoms with Crippen LogP contribution in [0.2, 0.25) is 0 Å². The van der Waals surface area contributed by atoms with Gasteiger partial charge in [-0.2, -0.15) is 9.97 Å². The number of carbonyl (C=O) groups is 1. The standard InChI is InChI=1S/C29H31F2N5O4/c1-2-20-21(31)5-4-16-8-18(37)9-23(24(16)20)36-14-22-25(27(36)39)26(34-12-19(38)13-34)33-28(32-22)40-15-29-6-3-7-35(29)11-17(30)10-29/h4-5,8-9,17,19,37-38H,2-3,6-7,10-15H2,1H3.